The average Bonchev–Trinajstić information content (AvgIpc) is 3.30. The van der Waals surface area contributed by atoms with Crippen LogP contribution in [0.15, 0.2) is 66.9 Å². The lowest BCUT2D eigenvalue weighted by molar-refractivity contribution is 0.313. The first kappa shape index (κ1) is 18.6. The minimum atomic E-state index is 0. The third-order valence-electron chi connectivity index (χ3n) is 5.12. The zero-order valence-electron chi connectivity index (χ0n) is 14.7. The van der Waals surface area contributed by atoms with Gasteiger partial charge in [0.05, 0.1) is 0 Å². The van der Waals surface area contributed by atoms with Crippen LogP contribution in [-0.2, 0) is 6.54 Å². The Morgan fingerprint density at radius 2 is 1.69 bits per heavy atom. The molecule has 0 radical (unpaired) electrons. The highest BCUT2D eigenvalue weighted by molar-refractivity contribution is 5.85. The molecule has 0 unspecified atom stereocenters. The van der Waals surface area contributed by atoms with Gasteiger partial charge in [0.1, 0.15) is 5.82 Å². The van der Waals surface area contributed by atoms with E-state index >= 15 is 0 Å². The van der Waals surface area contributed by atoms with E-state index in [-0.39, 0.29) is 12.4 Å². The van der Waals surface area contributed by atoms with Crippen molar-refractivity contribution in [1.82, 2.24) is 14.9 Å². The molecular weight excluding hydrogens is 344 g/mol. The third-order valence-corrected chi connectivity index (χ3v) is 5.12. The number of likely N-dealkylation sites (tertiary alicyclic amines) is 1. The highest BCUT2D eigenvalue weighted by Crippen LogP contribution is 2.32. The van der Waals surface area contributed by atoms with Crippen molar-refractivity contribution in [3.05, 3.63) is 78.1 Å². The van der Waals surface area contributed by atoms with E-state index in [0.29, 0.717) is 11.8 Å². The SMILES string of the molecule is Cl.NC[C@@H]1CN(Cc2cnc(-c3ccccc3)[nH]2)C[C@H]1c1ccccc1. The van der Waals surface area contributed by atoms with Crippen LogP contribution in [0, 0.1) is 5.92 Å². The number of H-pyrrole nitrogens is 1. The van der Waals surface area contributed by atoms with Crippen molar-refractivity contribution >= 4 is 12.4 Å². The monoisotopic (exact) mass is 368 g/mol. The molecule has 2 aromatic carbocycles. The summed E-state index contributed by atoms with van der Waals surface area (Å²) in [5.74, 6) is 1.96. The molecule has 26 heavy (non-hydrogen) atoms. The third kappa shape index (κ3) is 3.98. The number of nitrogens with two attached hydrogens (primary N) is 1. The molecule has 1 aliphatic rings. The Morgan fingerprint density at radius 1 is 1.00 bits per heavy atom. The quantitative estimate of drug-likeness (QED) is 0.722. The summed E-state index contributed by atoms with van der Waals surface area (Å²) in [6.45, 7) is 3.70. The van der Waals surface area contributed by atoms with Gasteiger partial charge in [0.15, 0.2) is 0 Å². The lowest BCUT2D eigenvalue weighted by Crippen LogP contribution is -2.23. The van der Waals surface area contributed by atoms with Gasteiger partial charge in [0, 0.05) is 43.0 Å². The van der Waals surface area contributed by atoms with Crippen LogP contribution in [0.1, 0.15) is 17.2 Å². The zero-order chi connectivity index (χ0) is 17.1. The van der Waals surface area contributed by atoms with Crippen LogP contribution >= 0.6 is 12.4 Å². The van der Waals surface area contributed by atoms with E-state index in [4.69, 9.17) is 5.73 Å². The van der Waals surface area contributed by atoms with E-state index in [0.717, 1.165) is 43.3 Å². The number of nitrogens with one attached hydrogen (secondary N) is 1. The summed E-state index contributed by atoms with van der Waals surface area (Å²) in [5, 5.41) is 0. The summed E-state index contributed by atoms with van der Waals surface area (Å²) in [6, 6.07) is 21.0. The first-order valence-electron chi connectivity index (χ1n) is 8.90. The summed E-state index contributed by atoms with van der Waals surface area (Å²) in [7, 11) is 0. The molecule has 0 saturated carbocycles. The summed E-state index contributed by atoms with van der Waals surface area (Å²) in [5.41, 5.74) is 9.73. The second-order valence-electron chi connectivity index (χ2n) is 6.83. The molecule has 1 fully saturated rings. The van der Waals surface area contributed by atoms with Gasteiger partial charge in [-0.15, -0.1) is 12.4 Å². The summed E-state index contributed by atoms with van der Waals surface area (Å²) < 4.78 is 0. The Kier molecular flexibility index (Phi) is 6.09. The minimum Gasteiger partial charge on any atom is -0.341 e. The molecule has 2 heterocycles. The summed E-state index contributed by atoms with van der Waals surface area (Å²) in [4.78, 5) is 10.5. The fourth-order valence-electron chi connectivity index (χ4n) is 3.83. The molecule has 0 aliphatic carbocycles. The van der Waals surface area contributed by atoms with Crippen LogP contribution < -0.4 is 5.73 Å². The second kappa shape index (κ2) is 8.49. The van der Waals surface area contributed by atoms with Gasteiger partial charge in [0.25, 0.3) is 0 Å². The van der Waals surface area contributed by atoms with Gasteiger partial charge in [-0.25, -0.2) is 4.98 Å². The first-order valence-corrected chi connectivity index (χ1v) is 8.90. The average molecular weight is 369 g/mol. The smallest absolute Gasteiger partial charge is 0.137 e. The minimum absolute atomic E-state index is 0. The molecule has 3 N–H and O–H groups in total. The topological polar surface area (TPSA) is 57.9 Å². The number of aromatic amines is 1. The van der Waals surface area contributed by atoms with Gasteiger partial charge in [0.2, 0.25) is 0 Å². The first-order chi connectivity index (χ1) is 12.3. The number of halogens is 1. The van der Waals surface area contributed by atoms with Crippen molar-refractivity contribution in [2.45, 2.75) is 12.5 Å². The van der Waals surface area contributed by atoms with Crippen LogP contribution in [0.5, 0.6) is 0 Å². The molecular formula is C21H25ClN4. The van der Waals surface area contributed by atoms with Crippen molar-refractivity contribution in [2.75, 3.05) is 19.6 Å². The molecule has 2 atom stereocenters. The Balaban J connectivity index is 0.00000196. The molecule has 4 rings (SSSR count). The molecule has 5 heteroatoms. The van der Waals surface area contributed by atoms with E-state index in [2.05, 4.69) is 57.3 Å². The van der Waals surface area contributed by atoms with Gasteiger partial charge in [-0.2, -0.15) is 0 Å². The second-order valence-corrected chi connectivity index (χ2v) is 6.83. The van der Waals surface area contributed by atoms with Crippen LogP contribution in [-0.4, -0.2) is 34.5 Å². The highest BCUT2D eigenvalue weighted by atomic mass is 35.5. The van der Waals surface area contributed by atoms with Crippen LogP contribution in [0.2, 0.25) is 0 Å². The molecule has 0 spiro atoms. The maximum atomic E-state index is 6.05. The molecule has 3 aromatic rings. The van der Waals surface area contributed by atoms with Crippen molar-refractivity contribution in [1.29, 1.82) is 0 Å². The van der Waals surface area contributed by atoms with Crippen molar-refractivity contribution in [3.8, 4) is 11.4 Å². The molecule has 136 valence electrons. The highest BCUT2D eigenvalue weighted by Gasteiger charge is 2.32. The fourth-order valence-corrected chi connectivity index (χ4v) is 3.83. The predicted octanol–water partition coefficient (Wildman–Crippen LogP) is 3.67. The van der Waals surface area contributed by atoms with Crippen LogP contribution in [0.3, 0.4) is 0 Å². The number of hydrogen-bond donors (Lipinski definition) is 2. The van der Waals surface area contributed by atoms with E-state index in [9.17, 15) is 0 Å². The van der Waals surface area contributed by atoms with Gasteiger partial charge >= 0.3 is 0 Å². The number of aromatic nitrogens is 2. The number of rotatable bonds is 5. The van der Waals surface area contributed by atoms with Crippen molar-refractivity contribution < 1.29 is 0 Å². The number of hydrogen-bond acceptors (Lipinski definition) is 3. The van der Waals surface area contributed by atoms with E-state index in [1.807, 2.05) is 24.4 Å². The maximum absolute atomic E-state index is 6.05. The molecule has 1 saturated heterocycles. The maximum Gasteiger partial charge on any atom is 0.137 e. The van der Waals surface area contributed by atoms with Crippen LogP contribution in [0.4, 0.5) is 0 Å². The van der Waals surface area contributed by atoms with Crippen molar-refractivity contribution in [2.24, 2.45) is 11.7 Å². The van der Waals surface area contributed by atoms with E-state index < -0.39 is 0 Å². The summed E-state index contributed by atoms with van der Waals surface area (Å²) in [6.07, 6.45) is 1.95. The number of imidazole rings is 1. The van der Waals surface area contributed by atoms with Crippen LogP contribution in [0.25, 0.3) is 11.4 Å². The predicted molar refractivity (Wildman–Crippen MR) is 108 cm³/mol. The van der Waals surface area contributed by atoms with E-state index in [1.165, 1.54) is 5.56 Å². The molecule has 0 bridgehead atoms. The normalized spacial score (nSPS) is 20.0. The van der Waals surface area contributed by atoms with E-state index in [1.54, 1.807) is 0 Å². The molecule has 1 aliphatic heterocycles. The Bertz CT molecular complexity index is 803. The Hall–Kier alpha value is -2.14. The van der Waals surface area contributed by atoms with Gasteiger partial charge in [-0.05, 0) is 18.0 Å². The largest absolute Gasteiger partial charge is 0.341 e. The lowest BCUT2D eigenvalue weighted by atomic mass is 9.89. The number of benzene rings is 2. The van der Waals surface area contributed by atoms with Gasteiger partial charge in [-0.3, -0.25) is 4.90 Å². The van der Waals surface area contributed by atoms with Gasteiger partial charge in [-0.1, -0.05) is 60.7 Å². The number of nitrogens with zero attached hydrogens (tertiary/aromatic N) is 2. The van der Waals surface area contributed by atoms with Gasteiger partial charge < -0.3 is 10.7 Å². The summed E-state index contributed by atoms with van der Waals surface area (Å²) >= 11 is 0. The fraction of sp³-hybridized carbons (Fsp3) is 0.286. The molecule has 0 amide bonds. The Labute approximate surface area is 160 Å². The lowest BCUT2D eigenvalue weighted by Gasteiger charge is -2.16. The van der Waals surface area contributed by atoms with Crippen molar-refractivity contribution in [3.63, 3.8) is 0 Å². The standard InChI is InChI=1S/C21H24N4.ClH/c22-11-18-13-25(15-20(18)16-7-3-1-4-8-16)14-19-12-23-21(24-19)17-9-5-2-6-10-17;/h1-10,12,18,20H,11,13-15,22H2,(H,23,24);1H/t18-,20+;/m1./s1. The Morgan fingerprint density at radius 3 is 2.38 bits per heavy atom. The zero-order valence-corrected chi connectivity index (χ0v) is 15.5. The molecule has 4 nitrogen and oxygen atoms in total. The molecule has 1 aromatic heterocycles.